The lowest BCUT2D eigenvalue weighted by atomic mass is 9.70. The molecule has 2 N–H and O–H groups in total. The van der Waals surface area contributed by atoms with Crippen LogP contribution < -0.4 is 15.6 Å². The normalized spacial score (nSPS) is 16.7. The molecular formula is C30H45F2N3O2. The predicted molar refractivity (Wildman–Crippen MR) is 148 cm³/mol. The molecule has 1 aromatic carbocycles. The lowest BCUT2D eigenvalue weighted by molar-refractivity contribution is 0.0320. The highest BCUT2D eigenvalue weighted by atomic mass is 19.2. The van der Waals surface area contributed by atoms with E-state index in [9.17, 15) is 0 Å². The summed E-state index contributed by atoms with van der Waals surface area (Å²) >= 11 is 0. The van der Waals surface area contributed by atoms with Gasteiger partial charge >= 0.3 is 0 Å². The summed E-state index contributed by atoms with van der Waals surface area (Å²) in [6, 6.07) is 3.17. The molecule has 1 aliphatic rings. The second-order valence-electron chi connectivity index (χ2n) is 10.5. The first-order chi connectivity index (χ1) is 17.5. The number of hydrogen-bond donors (Lipinski definition) is 2. The monoisotopic (exact) mass is 517 g/mol. The number of hydrazine groups is 1. The van der Waals surface area contributed by atoms with E-state index in [1.54, 1.807) is 13.1 Å². The molecule has 2 rings (SSSR count). The van der Waals surface area contributed by atoms with Crippen molar-refractivity contribution in [1.29, 1.82) is 0 Å². The maximum Gasteiger partial charge on any atom is 0.200 e. The van der Waals surface area contributed by atoms with Gasteiger partial charge in [0.05, 0.1) is 13.2 Å². The largest absolute Gasteiger partial charge is 0.489 e. The molecule has 5 nitrogen and oxygen atoms in total. The van der Waals surface area contributed by atoms with Gasteiger partial charge in [0.2, 0.25) is 5.82 Å². The lowest BCUT2D eigenvalue weighted by Gasteiger charge is -2.34. The Balaban J connectivity index is 2.37. The van der Waals surface area contributed by atoms with Crippen molar-refractivity contribution in [2.24, 2.45) is 11.3 Å². The van der Waals surface area contributed by atoms with Crippen molar-refractivity contribution in [2.45, 2.75) is 47.5 Å². The van der Waals surface area contributed by atoms with Gasteiger partial charge in [-0.1, -0.05) is 59.1 Å². The van der Waals surface area contributed by atoms with Gasteiger partial charge in [-0.3, -0.25) is 4.90 Å². The van der Waals surface area contributed by atoms with Crippen LogP contribution in [0.25, 0.3) is 0 Å². The van der Waals surface area contributed by atoms with Gasteiger partial charge in [-0.05, 0) is 53.9 Å². The summed E-state index contributed by atoms with van der Waals surface area (Å²) in [6.45, 7) is 22.7. The summed E-state index contributed by atoms with van der Waals surface area (Å²) in [5.41, 5.74) is 9.68. The topological polar surface area (TPSA) is 45.8 Å². The lowest BCUT2D eigenvalue weighted by Crippen LogP contribution is -2.38. The summed E-state index contributed by atoms with van der Waals surface area (Å²) < 4.78 is 41.4. The van der Waals surface area contributed by atoms with Gasteiger partial charge in [-0.25, -0.2) is 9.82 Å². The highest BCUT2D eigenvalue weighted by Gasteiger charge is 2.31. The van der Waals surface area contributed by atoms with E-state index in [1.807, 2.05) is 13.0 Å². The van der Waals surface area contributed by atoms with Gasteiger partial charge in [0.25, 0.3) is 0 Å². The highest BCUT2D eigenvalue weighted by molar-refractivity contribution is 5.51. The van der Waals surface area contributed by atoms with E-state index in [1.165, 1.54) is 6.07 Å². The first-order valence-electron chi connectivity index (χ1n) is 13.1. The quantitative estimate of drug-likeness (QED) is 0.250. The number of nitrogens with zero attached hydrogens (tertiary/aromatic N) is 1. The van der Waals surface area contributed by atoms with Crippen molar-refractivity contribution < 1.29 is 18.3 Å². The molecule has 1 aliphatic heterocycles. The van der Waals surface area contributed by atoms with Crippen LogP contribution in [0.15, 0.2) is 59.9 Å². The third-order valence-corrected chi connectivity index (χ3v) is 6.73. The standard InChI is InChI=1S/C30H45F2N3O2/c1-9-11-21(3)27(22(4)34-33-8)24(10-2)25(30(5,6)7)20-23-12-13-26(29(32)28(23)31)37-19-16-35-14-17-36-18-15-35/h10-13,25,33-34H,2,4,9,14-20H2,1,3,5-8H3/b21-11-,27-24-. The molecule has 1 heterocycles. The highest BCUT2D eigenvalue weighted by Crippen LogP contribution is 2.40. The summed E-state index contributed by atoms with van der Waals surface area (Å²) in [5.74, 6) is -2.02. The van der Waals surface area contributed by atoms with Crippen LogP contribution in [0.2, 0.25) is 0 Å². The number of ether oxygens (including phenoxy) is 2. The van der Waals surface area contributed by atoms with Crippen LogP contribution in [-0.2, 0) is 11.2 Å². The second kappa shape index (κ2) is 14.5. The van der Waals surface area contributed by atoms with Crippen molar-refractivity contribution in [2.75, 3.05) is 46.5 Å². The minimum atomic E-state index is -0.945. The Bertz CT molecular complexity index is 989. The van der Waals surface area contributed by atoms with Crippen LogP contribution in [0.1, 0.15) is 46.6 Å². The Morgan fingerprint density at radius 3 is 2.46 bits per heavy atom. The third-order valence-electron chi connectivity index (χ3n) is 6.73. The maximum atomic E-state index is 15.3. The van der Waals surface area contributed by atoms with Crippen LogP contribution in [0.5, 0.6) is 5.75 Å². The van der Waals surface area contributed by atoms with Gasteiger partial charge in [-0.15, -0.1) is 0 Å². The van der Waals surface area contributed by atoms with E-state index in [-0.39, 0.29) is 23.7 Å². The zero-order valence-corrected chi connectivity index (χ0v) is 23.5. The van der Waals surface area contributed by atoms with Crippen molar-refractivity contribution in [3.63, 3.8) is 0 Å². The molecule has 0 saturated carbocycles. The molecule has 1 atom stereocenters. The number of benzene rings is 1. The number of rotatable bonds is 13. The molecule has 206 valence electrons. The van der Waals surface area contributed by atoms with Crippen molar-refractivity contribution >= 4 is 0 Å². The van der Waals surface area contributed by atoms with Crippen molar-refractivity contribution in [1.82, 2.24) is 15.8 Å². The molecule has 0 bridgehead atoms. The SMILES string of the molecule is C=C/C(=C(C(=C)NNC)\C(C)=C/CC)C(Cc1ccc(OCCN2CCOCC2)c(F)c1F)C(C)(C)C. The average molecular weight is 518 g/mol. The second-order valence-corrected chi connectivity index (χ2v) is 10.5. The molecule has 0 radical (unpaired) electrons. The number of hydrogen-bond acceptors (Lipinski definition) is 5. The molecule has 1 saturated heterocycles. The van der Waals surface area contributed by atoms with Crippen molar-refractivity contribution in [3.05, 3.63) is 77.1 Å². The number of allylic oxidation sites excluding steroid dienone is 4. The zero-order chi connectivity index (χ0) is 27.6. The molecule has 37 heavy (non-hydrogen) atoms. The Labute approximate surface area is 222 Å². The fourth-order valence-electron chi connectivity index (χ4n) is 4.73. The maximum absolute atomic E-state index is 15.3. The van der Waals surface area contributed by atoms with Crippen molar-refractivity contribution in [3.8, 4) is 5.75 Å². The first-order valence-corrected chi connectivity index (χ1v) is 13.1. The number of halogens is 2. The minimum absolute atomic E-state index is 0.0599. The number of nitrogens with one attached hydrogen (secondary N) is 2. The third kappa shape index (κ3) is 8.52. The van der Waals surface area contributed by atoms with Gasteiger partial charge in [-0.2, -0.15) is 4.39 Å². The van der Waals surface area contributed by atoms with Crippen LogP contribution in [-0.4, -0.2) is 51.4 Å². The molecule has 7 heteroatoms. The Morgan fingerprint density at radius 1 is 1.22 bits per heavy atom. The smallest absolute Gasteiger partial charge is 0.200 e. The molecule has 0 aromatic heterocycles. The van der Waals surface area contributed by atoms with Gasteiger partial charge < -0.3 is 14.9 Å². The molecular weight excluding hydrogens is 472 g/mol. The van der Waals surface area contributed by atoms with Gasteiger partial charge in [0.1, 0.15) is 6.61 Å². The predicted octanol–water partition coefficient (Wildman–Crippen LogP) is 5.96. The van der Waals surface area contributed by atoms with E-state index in [2.05, 4.69) is 62.7 Å². The molecule has 0 amide bonds. The van der Waals surface area contributed by atoms with E-state index in [0.29, 0.717) is 37.4 Å². The molecule has 1 aromatic rings. The first kappa shape index (κ1) is 30.7. The molecule has 0 aliphatic carbocycles. The molecule has 1 fully saturated rings. The van der Waals surface area contributed by atoms with E-state index >= 15 is 8.78 Å². The Morgan fingerprint density at radius 2 is 1.89 bits per heavy atom. The fourth-order valence-corrected chi connectivity index (χ4v) is 4.73. The van der Waals surface area contributed by atoms with Crippen LogP contribution >= 0.6 is 0 Å². The van der Waals surface area contributed by atoms with Crippen LogP contribution in [0.3, 0.4) is 0 Å². The summed E-state index contributed by atoms with van der Waals surface area (Å²) in [7, 11) is 1.78. The summed E-state index contributed by atoms with van der Waals surface area (Å²) in [6.07, 6.45) is 5.11. The summed E-state index contributed by atoms with van der Waals surface area (Å²) in [5, 5.41) is 0. The van der Waals surface area contributed by atoms with E-state index in [4.69, 9.17) is 9.47 Å². The van der Waals surface area contributed by atoms with Gasteiger partial charge in [0, 0.05) is 38.0 Å². The zero-order valence-electron chi connectivity index (χ0n) is 23.5. The number of morpholine rings is 1. The Hall–Kier alpha value is -2.48. The minimum Gasteiger partial charge on any atom is -0.489 e. The summed E-state index contributed by atoms with van der Waals surface area (Å²) in [4.78, 5) is 2.19. The Kier molecular flexibility index (Phi) is 12.0. The van der Waals surface area contributed by atoms with E-state index in [0.717, 1.165) is 36.2 Å². The molecule has 0 spiro atoms. The van der Waals surface area contributed by atoms with Gasteiger partial charge in [0.15, 0.2) is 11.6 Å². The van der Waals surface area contributed by atoms with Crippen LogP contribution in [0.4, 0.5) is 8.78 Å². The average Bonchev–Trinajstić information content (AvgIpc) is 2.85. The fraction of sp³-hybridized carbons (Fsp3) is 0.533. The van der Waals surface area contributed by atoms with E-state index < -0.39 is 11.6 Å². The van der Waals surface area contributed by atoms with Crippen LogP contribution in [0, 0.1) is 23.0 Å². The molecule has 1 unspecified atom stereocenters.